The second kappa shape index (κ2) is 10.1. The zero-order valence-corrected chi connectivity index (χ0v) is 19.1. The molecule has 1 aliphatic heterocycles. The average Bonchev–Trinajstić information content (AvgIpc) is 3.02. The van der Waals surface area contributed by atoms with Crippen LogP contribution in [0.1, 0.15) is 31.9 Å². The minimum absolute atomic E-state index is 0.0408. The van der Waals surface area contributed by atoms with Crippen molar-refractivity contribution in [2.45, 2.75) is 39.7 Å². The zero-order valence-electron chi connectivity index (χ0n) is 18.3. The third-order valence-electron chi connectivity index (χ3n) is 4.54. The van der Waals surface area contributed by atoms with E-state index in [9.17, 15) is 9.59 Å². The molecule has 0 saturated heterocycles. The SMILES string of the molecule is CCOC(=O)CN(SNCC(=O)Oc1cccc2c1OC(C)(C)C2)c1cccc(C)c1. The molecule has 0 spiro atoms. The first kappa shape index (κ1) is 23.0. The monoisotopic (exact) mass is 444 g/mol. The second-order valence-corrected chi connectivity index (χ2v) is 8.76. The Bertz CT molecular complexity index is 947. The topological polar surface area (TPSA) is 77.1 Å². The minimum Gasteiger partial charge on any atom is -0.483 e. The van der Waals surface area contributed by atoms with Gasteiger partial charge in [-0.15, -0.1) is 0 Å². The molecule has 3 rings (SSSR count). The maximum atomic E-state index is 12.4. The van der Waals surface area contributed by atoms with Crippen molar-refractivity contribution in [1.29, 1.82) is 0 Å². The van der Waals surface area contributed by atoms with E-state index in [4.69, 9.17) is 14.2 Å². The summed E-state index contributed by atoms with van der Waals surface area (Å²) in [4.78, 5) is 24.4. The molecule has 7 nitrogen and oxygen atoms in total. The molecule has 166 valence electrons. The van der Waals surface area contributed by atoms with E-state index >= 15 is 0 Å². The molecule has 1 heterocycles. The van der Waals surface area contributed by atoms with Gasteiger partial charge in [0, 0.05) is 29.8 Å². The number of benzene rings is 2. The number of anilines is 1. The molecular weight excluding hydrogens is 416 g/mol. The van der Waals surface area contributed by atoms with E-state index in [1.807, 2.05) is 57.2 Å². The first-order valence-corrected chi connectivity index (χ1v) is 11.0. The van der Waals surface area contributed by atoms with E-state index in [1.54, 1.807) is 17.3 Å². The van der Waals surface area contributed by atoms with Gasteiger partial charge in [0.05, 0.1) is 6.61 Å². The fourth-order valence-corrected chi connectivity index (χ4v) is 4.01. The standard InChI is InChI=1S/C23H28N2O5S/c1-5-28-21(27)15-25(18-10-6-8-16(2)12-18)31-24-14-20(26)29-19-11-7-9-17-13-23(3,4)30-22(17)19/h6-12,24H,5,13-15H2,1-4H3. The molecule has 0 aliphatic carbocycles. The summed E-state index contributed by atoms with van der Waals surface area (Å²) in [5.74, 6) is 0.245. The molecule has 0 atom stereocenters. The Morgan fingerprint density at radius 1 is 1.19 bits per heavy atom. The smallest absolute Gasteiger partial charge is 0.326 e. The van der Waals surface area contributed by atoms with Crippen molar-refractivity contribution in [2.24, 2.45) is 0 Å². The van der Waals surface area contributed by atoms with Crippen LogP contribution in [-0.2, 0) is 20.7 Å². The predicted octanol–water partition coefficient (Wildman–Crippen LogP) is 3.84. The average molecular weight is 445 g/mol. The molecule has 31 heavy (non-hydrogen) atoms. The van der Waals surface area contributed by atoms with Crippen molar-refractivity contribution in [3.05, 3.63) is 53.6 Å². The van der Waals surface area contributed by atoms with Gasteiger partial charge in [-0.05, 0) is 51.5 Å². The van der Waals surface area contributed by atoms with Gasteiger partial charge in [-0.1, -0.05) is 24.3 Å². The van der Waals surface area contributed by atoms with Gasteiger partial charge in [0.15, 0.2) is 11.5 Å². The van der Waals surface area contributed by atoms with Crippen LogP contribution in [0.5, 0.6) is 11.5 Å². The van der Waals surface area contributed by atoms with Crippen LogP contribution in [0.15, 0.2) is 42.5 Å². The van der Waals surface area contributed by atoms with Crippen LogP contribution in [0, 0.1) is 6.92 Å². The molecule has 0 amide bonds. The minimum atomic E-state index is -0.450. The van der Waals surface area contributed by atoms with Crippen LogP contribution in [0.4, 0.5) is 5.69 Å². The number of fused-ring (bicyclic) bond motifs is 1. The molecular formula is C23H28N2O5S. The van der Waals surface area contributed by atoms with E-state index in [2.05, 4.69) is 4.72 Å². The number of aryl methyl sites for hydroxylation is 1. The molecule has 0 bridgehead atoms. The van der Waals surface area contributed by atoms with Crippen LogP contribution in [-0.4, -0.2) is 37.2 Å². The van der Waals surface area contributed by atoms with Crippen LogP contribution >= 0.6 is 12.1 Å². The summed E-state index contributed by atoms with van der Waals surface area (Å²) >= 11 is 1.15. The number of hydrogen-bond donors (Lipinski definition) is 1. The molecule has 2 aromatic carbocycles. The van der Waals surface area contributed by atoms with E-state index in [1.165, 1.54) is 0 Å². The van der Waals surface area contributed by atoms with Crippen LogP contribution in [0.2, 0.25) is 0 Å². The maximum Gasteiger partial charge on any atom is 0.326 e. The lowest BCUT2D eigenvalue weighted by molar-refractivity contribution is -0.141. The van der Waals surface area contributed by atoms with Gasteiger partial charge in [0.1, 0.15) is 18.7 Å². The first-order valence-electron chi connectivity index (χ1n) is 10.2. The lowest BCUT2D eigenvalue weighted by Gasteiger charge is -2.22. The highest BCUT2D eigenvalue weighted by Gasteiger charge is 2.32. The zero-order chi connectivity index (χ0) is 22.4. The summed E-state index contributed by atoms with van der Waals surface area (Å²) < 4.78 is 21.2. The lowest BCUT2D eigenvalue weighted by atomic mass is 10.0. The number of carbonyl (C=O) groups is 2. The van der Waals surface area contributed by atoms with Crippen molar-refractivity contribution in [2.75, 3.05) is 24.0 Å². The number of ether oxygens (including phenoxy) is 3. The van der Waals surface area contributed by atoms with E-state index in [0.717, 1.165) is 35.4 Å². The Balaban J connectivity index is 1.59. The van der Waals surface area contributed by atoms with Crippen LogP contribution < -0.4 is 18.5 Å². The van der Waals surface area contributed by atoms with Crippen molar-refractivity contribution in [1.82, 2.24) is 4.72 Å². The summed E-state index contributed by atoms with van der Waals surface area (Å²) in [6.45, 7) is 8.04. The van der Waals surface area contributed by atoms with Crippen LogP contribution in [0.25, 0.3) is 0 Å². The van der Waals surface area contributed by atoms with Gasteiger partial charge in [-0.25, -0.2) is 4.72 Å². The number of nitrogens with one attached hydrogen (secondary N) is 1. The molecule has 2 aromatic rings. The fourth-order valence-electron chi connectivity index (χ4n) is 3.28. The van der Waals surface area contributed by atoms with Crippen molar-refractivity contribution in [3.63, 3.8) is 0 Å². The van der Waals surface area contributed by atoms with Gasteiger partial charge in [-0.3, -0.25) is 13.9 Å². The predicted molar refractivity (Wildman–Crippen MR) is 121 cm³/mol. The number of nitrogens with zero attached hydrogens (tertiary/aromatic N) is 1. The Hall–Kier alpha value is -2.71. The second-order valence-electron chi connectivity index (χ2n) is 7.85. The van der Waals surface area contributed by atoms with Crippen molar-refractivity contribution >= 4 is 29.8 Å². The fraction of sp³-hybridized carbons (Fsp3) is 0.391. The Morgan fingerprint density at radius 3 is 2.71 bits per heavy atom. The van der Waals surface area contributed by atoms with Gasteiger partial charge in [-0.2, -0.15) is 0 Å². The van der Waals surface area contributed by atoms with Crippen LogP contribution in [0.3, 0.4) is 0 Å². The summed E-state index contributed by atoms with van der Waals surface area (Å²) in [6, 6.07) is 13.3. The van der Waals surface area contributed by atoms with E-state index in [-0.39, 0.29) is 24.7 Å². The Labute approximate surface area is 187 Å². The number of para-hydroxylation sites is 1. The van der Waals surface area contributed by atoms with E-state index < -0.39 is 5.97 Å². The summed E-state index contributed by atoms with van der Waals surface area (Å²) in [7, 11) is 0. The molecule has 0 radical (unpaired) electrons. The highest BCUT2D eigenvalue weighted by Crippen LogP contribution is 2.41. The largest absolute Gasteiger partial charge is 0.483 e. The van der Waals surface area contributed by atoms with Gasteiger partial charge in [0.2, 0.25) is 0 Å². The molecule has 1 N–H and O–H groups in total. The summed E-state index contributed by atoms with van der Waals surface area (Å²) in [5.41, 5.74) is 2.60. The van der Waals surface area contributed by atoms with Gasteiger partial charge < -0.3 is 14.2 Å². The third kappa shape index (κ3) is 6.38. The van der Waals surface area contributed by atoms with Crippen molar-refractivity contribution < 1.29 is 23.8 Å². The Kier molecular flexibility index (Phi) is 7.46. The summed E-state index contributed by atoms with van der Waals surface area (Å²) in [5, 5.41) is 0. The number of carbonyl (C=O) groups excluding carboxylic acids is 2. The highest BCUT2D eigenvalue weighted by molar-refractivity contribution is 7.98. The maximum absolute atomic E-state index is 12.4. The lowest BCUT2D eigenvalue weighted by Crippen LogP contribution is -2.31. The normalized spacial score (nSPS) is 13.8. The highest BCUT2D eigenvalue weighted by atomic mass is 32.2. The van der Waals surface area contributed by atoms with Gasteiger partial charge in [0.25, 0.3) is 0 Å². The third-order valence-corrected chi connectivity index (χ3v) is 5.37. The van der Waals surface area contributed by atoms with Crippen molar-refractivity contribution in [3.8, 4) is 11.5 Å². The molecule has 0 unspecified atom stereocenters. The Morgan fingerprint density at radius 2 is 1.97 bits per heavy atom. The quantitative estimate of drug-likeness (QED) is 0.355. The molecule has 1 aliphatic rings. The first-order chi connectivity index (χ1) is 14.8. The van der Waals surface area contributed by atoms with Gasteiger partial charge >= 0.3 is 11.9 Å². The number of hydrogen-bond acceptors (Lipinski definition) is 8. The molecule has 8 heteroatoms. The molecule has 0 aromatic heterocycles. The molecule has 0 fully saturated rings. The molecule has 0 saturated carbocycles. The number of rotatable bonds is 9. The van der Waals surface area contributed by atoms with E-state index in [0.29, 0.717) is 18.1 Å². The summed E-state index contributed by atoms with van der Waals surface area (Å²) in [6.07, 6.45) is 0.765. The number of esters is 2.